The van der Waals surface area contributed by atoms with Crippen molar-refractivity contribution in [2.45, 2.75) is 12.8 Å². The fourth-order valence-electron chi connectivity index (χ4n) is 2.44. The molecule has 1 amide bonds. The van der Waals surface area contributed by atoms with Crippen LogP contribution in [0.4, 0.5) is 11.4 Å². The minimum Gasteiger partial charge on any atom is -0.371 e. The van der Waals surface area contributed by atoms with E-state index in [-0.39, 0.29) is 5.91 Å². The van der Waals surface area contributed by atoms with Gasteiger partial charge in [-0.2, -0.15) is 0 Å². The van der Waals surface area contributed by atoms with E-state index < -0.39 is 0 Å². The summed E-state index contributed by atoms with van der Waals surface area (Å²) < 4.78 is 0. The lowest BCUT2D eigenvalue weighted by Gasteiger charge is -2.17. The van der Waals surface area contributed by atoms with Crippen LogP contribution in [0.15, 0.2) is 42.6 Å². The molecule has 0 bridgehead atoms. The molecule has 0 radical (unpaired) electrons. The highest BCUT2D eigenvalue weighted by Crippen LogP contribution is 2.21. The molecule has 0 atom stereocenters. The molecular weight excluding hydrogens is 286 g/mol. The minimum atomic E-state index is -0.210. The van der Waals surface area contributed by atoms with Gasteiger partial charge in [-0.05, 0) is 49.2 Å². The Morgan fingerprint density at radius 2 is 1.86 bits per heavy atom. The first-order valence-corrected chi connectivity index (χ1v) is 7.38. The van der Waals surface area contributed by atoms with Crippen molar-refractivity contribution >= 4 is 28.9 Å². The summed E-state index contributed by atoms with van der Waals surface area (Å²) in [5, 5.41) is 3.47. The zero-order valence-corrected chi connectivity index (χ0v) is 12.3. The smallest absolute Gasteiger partial charge is 0.274 e. The van der Waals surface area contributed by atoms with Crippen LogP contribution in [0.5, 0.6) is 0 Å². The first-order valence-electron chi connectivity index (χ1n) is 7.00. The molecule has 2 heterocycles. The second kappa shape index (κ2) is 6.14. The molecule has 1 fully saturated rings. The summed E-state index contributed by atoms with van der Waals surface area (Å²) in [6.45, 7) is 2.09. The average Bonchev–Trinajstić information content (AvgIpc) is 3.04. The Morgan fingerprint density at radius 3 is 2.57 bits per heavy atom. The zero-order chi connectivity index (χ0) is 14.7. The van der Waals surface area contributed by atoms with Gasteiger partial charge < -0.3 is 10.2 Å². The van der Waals surface area contributed by atoms with E-state index in [4.69, 9.17) is 11.6 Å². The molecule has 21 heavy (non-hydrogen) atoms. The molecule has 108 valence electrons. The number of hydrogen-bond donors (Lipinski definition) is 1. The Labute approximate surface area is 128 Å². The van der Waals surface area contributed by atoms with Crippen molar-refractivity contribution in [1.82, 2.24) is 4.98 Å². The average molecular weight is 302 g/mol. The lowest BCUT2D eigenvalue weighted by molar-refractivity contribution is 0.102. The molecule has 1 aromatic carbocycles. The highest BCUT2D eigenvalue weighted by atomic mass is 35.5. The third kappa shape index (κ3) is 3.34. The number of halogens is 1. The van der Waals surface area contributed by atoms with Crippen LogP contribution in [0, 0.1) is 0 Å². The van der Waals surface area contributed by atoms with Gasteiger partial charge in [-0.3, -0.25) is 9.78 Å². The van der Waals surface area contributed by atoms with Crippen LogP contribution in [0.25, 0.3) is 0 Å². The molecule has 5 heteroatoms. The molecule has 2 aromatic rings. The molecule has 0 spiro atoms. The van der Waals surface area contributed by atoms with Crippen molar-refractivity contribution in [3.8, 4) is 0 Å². The van der Waals surface area contributed by atoms with Gasteiger partial charge in [0.25, 0.3) is 5.91 Å². The van der Waals surface area contributed by atoms with Gasteiger partial charge in [-0.25, -0.2) is 0 Å². The minimum absolute atomic E-state index is 0.210. The van der Waals surface area contributed by atoms with Gasteiger partial charge in [-0.1, -0.05) is 11.6 Å². The normalized spacial score (nSPS) is 14.2. The molecule has 1 aliphatic heterocycles. The van der Waals surface area contributed by atoms with Gasteiger partial charge in [0.1, 0.15) is 5.69 Å². The van der Waals surface area contributed by atoms with Gasteiger partial charge in [0.05, 0.1) is 0 Å². The van der Waals surface area contributed by atoms with Crippen LogP contribution in [0.3, 0.4) is 0 Å². The second-order valence-corrected chi connectivity index (χ2v) is 5.49. The first kappa shape index (κ1) is 13.9. The summed E-state index contributed by atoms with van der Waals surface area (Å²) >= 11 is 5.83. The number of nitrogens with zero attached hydrogens (tertiary/aromatic N) is 2. The lowest BCUT2D eigenvalue weighted by atomic mass is 10.2. The van der Waals surface area contributed by atoms with Gasteiger partial charge in [-0.15, -0.1) is 0 Å². The summed E-state index contributed by atoms with van der Waals surface area (Å²) in [4.78, 5) is 18.7. The van der Waals surface area contributed by atoms with E-state index in [0.29, 0.717) is 16.4 Å². The summed E-state index contributed by atoms with van der Waals surface area (Å²) in [6, 6.07) is 10.8. The monoisotopic (exact) mass is 301 g/mol. The number of benzene rings is 1. The molecule has 1 aliphatic rings. The number of pyridine rings is 1. The van der Waals surface area contributed by atoms with Gasteiger partial charge in [0.15, 0.2) is 0 Å². The van der Waals surface area contributed by atoms with Gasteiger partial charge in [0.2, 0.25) is 0 Å². The van der Waals surface area contributed by atoms with E-state index in [9.17, 15) is 4.79 Å². The largest absolute Gasteiger partial charge is 0.371 e. The van der Waals surface area contributed by atoms with Crippen LogP contribution >= 0.6 is 11.6 Å². The maximum atomic E-state index is 12.2. The molecule has 1 N–H and O–H groups in total. The van der Waals surface area contributed by atoms with Crippen LogP contribution in [0.1, 0.15) is 23.3 Å². The van der Waals surface area contributed by atoms with E-state index in [0.717, 1.165) is 18.8 Å². The maximum absolute atomic E-state index is 12.2. The number of carbonyl (C=O) groups excluding carboxylic acids is 1. The van der Waals surface area contributed by atoms with Crippen molar-refractivity contribution < 1.29 is 4.79 Å². The highest BCUT2D eigenvalue weighted by molar-refractivity contribution is 6.30. The summed E-state index contributed by atoms with van der Waals surface area (Å²) in [5.74, 6) is -0.210. The number of carbonyl (C=O) groups is 1. The number of aromatic nitrogens is 1. The van der Waals surface area contributed by atoms with E-state index >= 15 is 0 Å². The van der Waals surface area contributed by atoms with Crippen molar-refractivity contribution in [2.75, 3.05) is 23.3 Å². The van der Waals surface area contributed by atoms with Crippen molar-refractivity contribution in [3.05, 3.63) is 53.3 Å². The molecule has 3 rings (SSSR count). The van der Waals surface area contributed by atoms with E-state index in [2.05, 4.69) is 15.2 Å². The van der Waals surface area contributed by atoms with Crippen molar-refractivity contribution in [1.29, 1.82) is 0 Å². The Kier molecular flexibility index (Phi) is 4.06. The van der Waals surface area contributed by atoms with E-state index in [1.807, 2.05) is 12.1 Å². The molecule has 4 nitrogen and oxygen atoms in total. The van der Waals surface area contributed by atoms with E-state index in [1.54, 1.807) is 30.5 Å². The highest BCUT2D eigenvalue weighted by Gasteiger charge is 2.15. The Hall–Kier alpha value is -2.07. The Bertz CT molecular complexity index is 636. The van der Waals surface area contributed by atoms with Gasteiger partial charge >= 0.3 is 0 Å². The molecule has 0 aliphatic carbocycles. The second-order valence-electron chi connectivity index (χ2n) is 5.05. The Balaban J connectivity index is 1.74. The van der Waals surface area contributed by atoms with Crippen LogP contribution in [-0.4, -0.2) is 24.0 Å². The summed E-state index contributed by atoms with van der Waals surface area (Å²) in [6.07, 6.45) is 4.09. The van der Waals surface area contributed by atoms with Gasteiger partial charge in [0, 0.05) is 35.7 Å². The third-order valence-electron chi connectivity index (χ3n) is 3.55. The standard InChI is InChI=1S/C16H16ClN3O/c17-12-3-5-13(6-4-12)19-16(21)15-11-14(7-8-18-15)20-9-1-2-10-20/h3-8,11H,1-2,9-10H2,(H,19,21). The number of nitrogens with one attached hydrogen (secondary N) is 1. The fourth-order valence-corrected chi connectivity index (χ4v) is 2.57. The fraction of sp³-hybridized carbons (Fsp3) is 0.250. The molecule has 0 unspecified atom stereocenters. The maximum Gasteiger partial charge on any atom is 0.274 e. The predicted octanol–water partition coefficient (Wildman–Crippen LogP) is 3.59. The SMILES string of the molecule is O=C(Nc1ccc(Cl)cc1)c1cc(N2CCCC2)ccn1. The van der Waals surface area contributed by atoms with Crippen molar-refractivity contribution in [3.63, 3.8) is 0 Å². The zero-order valence-electron chi connectivity index (χ0n) is 11.6. The summed E-state index contributed by atoms with van der Waals surface area (Å²) in [5.41, 5.74) is 2.19. The van der Waals surface area contributed by atoms with E-state index in [1.165, 1.54) is 12.8 Å². The number of rotatable bonds is 3. The van der Waals surface area contributed by atoms with Crippen LogP contribution in [0.2, 0.25) is 5.02 Å². The lowest BCUT2D eigenvalue weighted by Crippen LogP contribution is -2.19. The third-order valence-corrected chi connectivity index (χ3v) is 3.80. The topological polar surface area (TPSA) is 45.2 Å². The molecule has 0 saturated carbocycles. The Morgan fingerprint density at radius 1 is 1.14 bits per heavy atom. The number of amides is 1. The van der Waals surface area contributed by atoms with Crippen LogP contribution < -0.4 is 10.2 Å². The molecule has 1 aromatic heterocycles. The summed E-state index contributed by atoms with van der Waals surface area (Å²) in [7, 11) is 0. The predicted molar refractivity (Wildman–Crippen MR) is 85.1 cm³/mol. The quantitative estimate of drug-likeness (QED) is 0.942. The number of anilines is 2. The van der Waals surface area contributed by atoms with Crippen LogP contribution in [-0.2, 0) is 0 Å². The first-order chi connectivity index (χ1) is 10.2. The number of hydrogen-bond acceptors (Lipinski definition) is 3. The molecule has 1 saturated heterocycles. The van der Waals surface area contributed by atoms with Crippen molar-refractivity contribution in [2.24, 2.45) is 0 Å². The molecular formula is C16H16ClN3O.